The number of ether oxygens (including phenoxy) is 2. The Morgan fingerprint density at radius 3 is 2.21 bits per heavy atom. The van der Waals surface area contributed by atoms with Crippen molar-refractivity contribution < 1.29 is 27.8 Å². The molecule has 2 unspecified atom stereocenters. The fraction of sp³-hybridized carbons (Fsp3) is 0.538. The first kappa shape index (κ1) is 15.8. The number of benzene rings is 1. The summed E-state index contributed by atoms with van der Waals surface area (Å²) >= 11 is 0. The van der Waals surface area contributed by atoms with Gasteiger partial charge in [0.2, 0.25) is 0 Å². The first-order chi connectivity index (χ1) is 8.76. The highest BCUT2D eigenvalue weighted by atomic mass is 19.4. The Balaban J connectivity index is 3.05. The van der Waals surface area contributed by atoms with E-state index in [0.29, 0.717) is 0 Å². The Bertz CT molecular complexity index is 404. The maximum absolute atomic E-state index is 12.3. The number of halogens is 3. The van der Waals surface area contributed by atoms with Crippen molar-refractivity contribution >= 4 is 0 Å². The highest BCUT2D eigenvalue weighted by Gasteiger charge is 2.34. The molecule has 0 fully saturated rings. The van der Waals surface area contributed by atoms with Crippen LogP contribution in [0.15, 0.2) is 24.3 Å². The lowest BCUT2D eigenvalue weighted by Crippen LogP contribution is -2.27. The van der Waals surface area contributed by atoms with E-state index in [1.165, 1.54) is 31.4 Å². The van der Waals surface area contributed by atoms with Crippen LogP contribution in [0.3, 0.4) is 0 Å². The minimum Gasteiger partial charge on any atom is -0.405 e. The predicted molar refractivity (Wildman–Crippen MR) is 63.7 cm³/mol. The molecule has 0 saturated heterocycles. The first-order valence-electron chi connectivity index (χ1n) is 5.81. The lowest BCUT2D eigenvalue weighted by molar-refractivity contribution is -0.275. The van der Waals surface area contributed by atoms with Crippen molar-refractivity contribution in [2.45, 2.75) is 32.4 Å². The largest absolute Gasteiger partial charge is 0.573 e. The molecule has 0 saturated carbocycles. The van der Waals surface area contributed by atoms with E-state index in [1.54, 1.807) is 0 Å². The summed E-state index contributed by atoms with van der Waals surface area (Å²) in [6, 6.07) is 5.50. The van der Waals surface area contributed by atoms with Gasteiger partial charge in [-0.2, -0.15) is 0 Å². The molecule has 0 aliphatic carbocycles. The van der Waals surface area contributed by atoms with E-state index < -0.39 is 24.3 Å². The van der Waals surface area contributed by atoms with E-state index in [9.17, 15) is 18.3 Å². The Hall–Kier alpha value is -1.27. The molecule has 1 rings (SSSR count). The van der Waals surface area contributed by atoms with Crippen molar-refractivity contribution in [3.8, 4) is 5.75 Å². The van der Waals surface area contributed by atoms with Gasteiger partial charge in [-0.05, 0) is 12.0 Å². The Kier molecular flexibility index (Phi) is 5.20. The van der Waals surface area contributed by atoms with Gasteiger partial charge >= 0.3 is 6.36 Å². The van der Waals surface area contributed by atoms with Gasteiger partial charge in [-0.3, -0.25) is 0 Å². The summed E-state index contributed by atoms with van der Waals surface area (Å²) in [6.07, 6.45) is -6.60. The van der Waals surface area contributed by atoms with E-state index in [0.717, 1.165) is 0 Å². The summed E-state index contributed by atoms with van der Waals surface area (Å²) in [7, 11) is 1.40. The third-order valence-electron chi connectivity index (χ3n) is 2.70. The summed E-state index contributed by atoms with van der Waals surface area (Å²) in [5.41, 5.74) is 0.0559. The van der Waals surface area contributed by atoms with Crippen LogP contribution in [0.1, 0.15) is 25.5 Å². The molecule has 0 radical (unpaired) electrons. The van der Waals surface area contributed by atoms with Crippen LogP contribution in [0.2, 0.25) is 0 Å². The molecule has 0 aliphatic heterocycles. The molecule has 1 aromatic rings. The second-order valence-electron chi connectivity index (χ2n) is 4.47. The summed E-state index contributed by atoms with van der Waals surface area (Å²) in [5, 5.41) is 10.2. The predicted octanol–water partition coefficient (Wildman–Crippen LogP) is 3.29. The summed E-state index contributed by atoms with van der Waals surface area (Å²) in [4.78, 5) is 0. The zero-order chi connectivity index (χ0) is 14.6. The van der Waals surface area contributed by atoms with Gasteiger partial charge in [0.1, 0.15) is 11.9 Å². The van der Waals surface area contributed by atoms with E-state index >= 15 is 0 Å². The number of rotatable bonds is 5. The Morgan fingerprint density at radius 1 is 1.16 bits per heavy atom. The fourth-order valence-corrected chi connectivity index (χ4v) is 1.89. The molecule has 0 aliphatic rings. The summed E-state index contributed by atoms with van der Waals surface area (Å²) < 4.78 is 45.9. The smallest absolute Gasteiger partial charge is 0.405 e. The van der Waals surface area contributed by atoms with Gasteiger partial charge in [-0.25, -0.2) is 0 Å². The molecule has 108 valence electrons. The third-order valence-corrected chi connectivity index (χ3v) is 2.70. The van der Waals surface area contributed by atoms with Gasteiger partial charge in [-0.1, -0.05) is 32.0 Å². The van der Waals surface area contributed by atoms with E-state index in [4.69, 9.17) is 4.74 Å². The molecule has 0 spiro atoms. The molecule has 3 nitrogen and oxygen atoms in total. The number of hydrogen-bond acceptors (Lipinski definition) is 3. The van der Waals surface area contributed by atoms with Gasteiger partial charge in [-0.15, -0.1) is 13.2 Å². The average Bonchev–Trinajstić information content (AvgIpc) is 2.27. The van der Waals surface area contributed by atoms with E-state index in [2.05, 4.69) is 4.74 Å². The molecule has 19 heavy (non-hydrogen) atoms. The zero-order valence-electron chi connectivity index (χ0n) is 10.9. The van der Waals surface area contributed by atoms with Crippen LogP contribution in [-0.2, 0) is 4.74 Å². The second kappa shape index (κ2) is 6.25. The molecule has 0 heterocycles. The second-order valence-corrected chi connectivity index (χ2v) is 4.47. The number of hydrogen-bond donors (Lipinski definition) is 1. The van der Waals surface area contributed by atoms with Crippen LogP contribution in [0.5, 0.6) is 5.75 Å². The molecular formula is C13H17F3O3. The van der Waals surface area contributed by atoms with E-state index in [1.807, 2.05) is 13.8 Å². The van der Waals surface area contributed by atoms with Crippen LogP contribution >= 0.6 is 0 Å². The highest BCUT2D eigenvalue weighted by Crippen LogP contribution is 2.33. The van der Waals surface area contributed by atoms with Crippen molar-refractivity contribution in [1.82, 2.24) is 0 Å². The van der Waals surface area contributed by atoms with Gasteiger partial charge in [0.05, 0.1) is 6.10 Å². The standard InChI is InChI=1S/C13H17F3O3/c1-8(2)12(18-3)11(17)9-6-4-5-7-10(9)19-13(14,15)16/h4-8,11-12,17H,1-3H3. The number of aliphatic hydroxyl groups is 1. The Morgan fingerprint density at radius 2 is 1.74 bits per heavy atom. The topological polar surface area (TPSA) is 38.7 Å². The first-order valence-corrected chi connectivity index (χ1v) is 5.81. The monoisotopic (exact) mass is 278 g/mol. The number of alkyl halides is 3. The van der Waals surface area contributed by atoms with Gasteiger partial charge in [0.15, 0.2) is 0 Å². The normalized spacial score (nSPS) is 15.4. The lowest BCUT2D eigenvalue weighted by atomic mass is 9.95. The molecule has 6 heteroatoms. The number of aliphatic hydroxyl groups excluding tert-OH is 1. The van der Waals surface area contributed by atoms with Gasteiger partial charge in [0, 0.05) is 12.7 Å². The molecule has 1 aromatic carbocycles. The molecule has 0 bridgehead atoms. The molecular weight excluding hydrogens is 261 g/mol. The maximum atomic E-state index is 12.3. The zero-order valence-corrected chi connectivity index (χ0v) is 10.9. The van der Waals surface area contributed by atoms with Crippen LogP contribution in [0, 0.1) is 5.92 Å². The summed E-state index contributed by atoms with van der Waals surface area (Å²) in [6.45, 7) is 3.62. The average molecular weight is 278 g/mol. The maximum Gasteiger partial charge on any atom is 0.573 e. The SMILES string of the molecule is COC(C(C)C)C(O)c1ccccc1OC(F)(F)F. The van der Waals surface area contributed by atoms with Gasteiger partial charge < -0.3 is 14.6 Å². The van der Waals surface area contributed by atoms with Crippen molar-refractivity contribution in [3.63, 3.8) is 0 Å². The van der Waals surface area contributed by atoms with Gasteiger partial charge in [0.25, 0.3) is 0 Å². The number of methoxy groups -OCH3 is 1. The Labute approximate surface area is 110 Å². The molecule has 0 amide bonds. The summed E-state index contributed by atoms with van der Waals surface area (Å²) in [5.74, 6) is -0.468. The van der Waals surface area contributed by atoms with Crippen LogP contribution in [0.4, 0.5) is 13.2 Å². The lowest BCUT2D eigenvalue weighted by Gasteiger charge is -2.26. The van der Waals surface area contributed by atoms with Crippen LogP contribution in [-0.4, -0.2) is 24.7 Å². The van der Waals surface area contributed by atoms with Crippen molar-refractivity contribution in [3.05, 3.63) is 29.8 Å². The quantitative estimate of drug-likeness (QED) is 0.898. The minimum atomic E-state index is -4.80. The van der Waals surface area contributed by atoms with Crippen LogP contribution in [0.25, 0.3) is 0 Å². The minimum absolute atomic E-state index is 0.0559. The number of para-hydroxylation sites is 1. The molecule has 0 aromatic heterocycles. The highest BCUT2D eigenvalue weighted by molar-refractivity contribution is 5.35. The van der Waals surface area contributed by atoms with E-state index in [-0.39, 0.29) is 11.5 Å². The van der Waals surface area contributed by atoms with Crippen molar-refractivity contribution in [1.29, 1.82) is 0 Å². The van der Waals surface area contributed by atoms with Crippen molar-refractivity contribution in [2.24, 2.45) is 5.92 Å². The molecule has 1 N–H and O–H groups in total. The van der Waals surface area contributed by atoms with Crippen molar-refractivity contribution in [2.75, 3.05) is 7.11 Å². The molecule has 2 atom stereocenters. The third kappa shape index (κ3) is 4.40. The fourth-order valence-electron chi connectivity index (χ4n) is 1.89. The van der Waals surface area contributed by atoms with Crippen LogP contribution < -0.4 is 4.74 Å².